The number of alkyl halides is 3. The summed E-state index contributed by atoms with van der Waals surface area (Å²) in [6.45, 7) is 5.58. The Bertz CT molecular complexity index is 418. The van der Waals surface area contributed by atoms with Crippen LogP contribution in [-0.4, -0.2) is 19.1 Å². The Hall–Kier alpha value is -1.14. The highest BCUT2D eigenvalue weighted by Crippen LogP contribution is 2.30. The Balaban J connectivity index is 2.59. The number of benzene rings is 1. The van der Waals surface area contributed by atoms with Crippen molar-refractivity contribution < 1.29 is 17.6 Å². The van der Waals surface area contributed by atoms with Crippen LogP contribution in [0.5, 0.6) is 0 Å². The van der Waals surface area contributed by atoms with E-state index in [1.165, 1.54) is 0 Å². The van der Waals surface area contributed by atoms with Gasteiger partial charge < -0.3 is 10.6 Å². The second-order valence-electron chi connectivity index (χ2n) is 4.79. The van der Waals surface area contributed by atoms with Gasteiger partial charge in [-0.3, -0.25) is 0 Å². The molecule has 0 fully saturated rings. The maximum absolute atomic E-state index is 13.5. The molecule has 2 N–H and O–H groups in total. The molecule has 0 heterocycles. The molecule has 20 heavy (non-hydrogen) atoms. The standard InChI is InChI=1S/C14H20F4N2/c1-3-6-19-8-10(2)20-9-11-7-12(14(16,17)18)4-5-13(11)15/h4-5,7,10,19-20H,3,6,8-9H2,1-2H3. The van der Waals surface area contributed by atoms with Crippen molar-refractivity contribution in [3.8, 4) is 0 Å². The number of nitrogens with one attached hydrogen (secondary N) is 2. The number of hydrogen-bond donors (Lipinski definition) is 2. The normalized spacial score (nSPS) is 13.5. The molecule has 114 valence electrons. The van der Waals surface area contributed by atoms with Crippen LogP contribution in [-0.2, 0) is 12.7 Å². The van der Waals surface area contributed by atoms with Crippen molar-refractivity contribution in [3.05, 3.63) is 35.1 Å². The molecular formula is C14H20F4N2. The van der Waals surface area contributed by atoms with Gasteiger partial charge in [0.05, 0.1) is 5.56 Å². The molecule has 1 aromatic carbocycles. The molecule has 1 aromatic rings. The zero-order valence-electron chi connectivity index (χ0n) is 11.6. The van der Waals surface area contributed by atoms with Gasteiger partial charge in [-0.2, -0.15) is 13.2 Å². The molecule has 0 aromatic heterocycles. The van der Waals surface area contributed by atoms with Crippen LogP contribution >= 0.6 is 0 Å². The first-order chi connectivity index (χ1) is 9.34. The highest BCUT2D eigenvalue weighted by atomic mass is 19.4. The second-order valence-corrected chi connectivity index (χ2v) is 4.79. The summed E-state index contributed by atoms with van der Waals surface area (Å²) in [5.74, 6) is -0.626. The van der Waals surface area contributed by atoms with E-state index in [2.05, 4.69) is 10.6 Å². The lowest BCUT2D eigenvalue weighted by Gasteiger charge is -2.16. The second kappa shape index (κ2) is 7.59. The highest BCUT2D eigenvalue weighted by molar-refractivity contribution is 5.27. The predicted octanol–water partition coefficient (Wildman–Crippen LogP) is 3.32. The van der Waals surface area contributed by atoms with Crippen LogP contribution < -0.4 is 10.6 Å². The van der Waals surface area contributed by atoms with Crippen LogP contribution in [0.3, 0.4) is 0 Å². The molecule has 0 aliphatic heterocycles. The van der Waals surface area contributed by atoms with E-state index < -0.39 is 17.6 Å². The Morgan fingerprint density at radius 2 is 1.95 bits per heavy atom. The third kappa shape index (κ3) is 5.46. The molecule has 0 aliphatic carbocycles. The van der Waals surface area contributed by atoms with Crippen molar-refractivity contribution in [2.45, 2.75) is 39.0 Å². The fraction of sp³-hybridized carbons (Fsp3) is 0.571. The van der Waals surface area contributed by atoms with Gasteiger partial charge in [-0.1, -0.05) is 6.92 Å². The zero-order valence-corrected chi connectivity index (χ0v) is 11.6. The van der Waals surface area contributed by atoms with E-state index in [-0.39, 0.29) is 18.2 Å². The molecular weight excluding hydrogens is 272 g/mol. The van der Waals surface area contributed by atoms with Crippen LogP contribution in [0.4, 0.5) is 17.6 Å². The molecule has 1 rings (SSSR count). The Labute approximate surface area is 116 Å². The lowest BCUT2D eigenvalue weighted by Crippen LogP contribution is -2.36. The summed E-state index contributed by atoms with van der Waals surface area (Å²) in [5, 5.41) is 6.19. The van der Waals surface area contributed by atoms with Crippen LogP contribution in [0.2, 0.25) is 0 Å². The van der Waals surface area contributed by atoms with Crippen molar-refractivity contribution in [2.24, 2.45) is 0 Å². The van der Waals surface area contributed by atoms with Gasteiger partial charge in [-0.25, -0.2) is 4.39 Å². The minimum Gasteiger partial charge on any atom is -0.315 e. The van der Waals surface area contributed by atoms with E-state index in [1.807, 2.05) is 13.8 Å². The Kier molecular flexibility index (Phi) is 6.42. The van der Waals surface area contributed by atoms with Crippen LogP contribution in [0.1, 0.15) is 31.4 Å². The van der Waals surface area contributed by atoms with Crippen molar-refractivity contribution in [1.29, 1.82) is 0 Å². The summed E-state index contributed by atoms with van der Waals surface area (Å²) >= 11 is 0. The summed E-state index contributed by atoms with van der Waals surface area (Å²) < 4.78 is 51.1. The van der Waals surface area contributed by atoms with Crippen molar-refractivity contribution in [3.63, 3.8) is 0 Å². The van der Waals surface area contributed by atoms with Crippen molar-refractivity contribution >= 4 is 0 Å². The van der Waals surface area contributed by atoms with Gasteiger partial charge in [0, 0.05) is 24.7 Å². The minimum atomic E-state index is -4.45. The summed E-state index contributed by atoms with van der Waals surface area (Å²) in [6, 6.07) is 2.52. The van der Waals surface area contributed by atoms with Crippen molar-refractivity contribution in [1.82, 2.24) is 10.6 Å². The largest absolute Gasteiger partial charge is 0.416 e. The number of halogens is 4. The monoisotopic (exact) mass is 292 g/mol. The quantitative estimate of drug-likeness (QED) is 0.595. The molecule has 0 saturated carbocycles. The third-order valence-corrected chi connectivity index (χ3v) is 2.89. The molecule has 0 bridgehead atoms. The van der Waals surface area contributed by atoms with Gasteiger partial charge in [0.1, 0.15) is 5.82 Å². The molecule has 0 spiro atoms. The van der Waals surface area contributed by atoms with Gasteiger partial charge in [-0.15, -0.1) is 0 Å². The summed E-state index contributed by atoms with van der Waals surface area (Å²) in [7, 11) is 0. The van der Waals surface area contributed by atoms with Gasteiger partial charge >= 0.3 is 6.18 Å². The van der Waals surface area contributed by atoms with E-state index in [0.717, 1.165) is 31.2 Å². The molecule has 2 nitrogen and oxygen atoms in total. The molecule has 6 heteroatoms. The van der Waals surface area contributed by atoms with E-state index in [4.69, 9.17) is 0 Å². The number of hydrogen-bond acceptors (Lipinski definition) is 2. The van der Waals surface area contributed by atoms with Gasteiger partial charge in [0.25, 0.3) is 0 Å². The first-order valence-electron chi connectivity index (χ1n) is 6.64. The van der Waals surface area contributed by atoms with E-state index in [9.17, 15) is 17.6 Å². The highest BCUT2D eigenvalue weighted by Gasteiger charge is 2.31. The molecule has 0 amide bonds. The first kappa shape index (κ1) is 16.9. The minimum absolute atomic E-state index is 0.0298. The smallest absolute Gasteiger partial charge is 0.315 e. The zero-order chi connectivity index (χ0) is 15.2. The average molecular weight is 292 g/mol. The molecule has 1 atom stereocenters. The summed E-state index contributed by atoms with van der Waals surface area (Å²) in [5.41, 5.74) is -0.797. The SMILES string of the molecule is CCCNCC(C)NCc1cc(C(F)(F)F)ccc1F. The lowest BCUT2D eigenvalue weighted by molar-refractivity contribution is -0.137. The third-order valence-electron chi connectivity index (χ3n) is 2.89. The van der Waals surface area contributed by atoms with Gasteiger partial charge in [0.2, 0.25) is 0 Å². The van der Waals surface area contributed by atoms with Gasteiger partial charge in [0.15, 0.2) is 0 Å². The summed E-state index contributed by atoms with van der Waals surface area (Å²) in [6.07, 6.45) is -3.44. The average Bonchev–Trinajstić information content (AvgIpc) is 2.36. The first-order valence-corrected chi connectivity index (χ1v) is 6.64. The fourth-order valence-corrected chi connectivity index (χ4v) is 1.74. The summed E-state index contributed by atoms with van der Waals surface area (Å²) in [4.78, 5) is 0. The van der Waals surface area contributed by atoms with Crippen LogP contribution in [0, 0.1) is 5.82 Å². The van der Waals surface area contributed by atoms with Crippen LogP contribution in [0.15, 0.2) is 18.2 Å². The topological polar surface area (TPSA) is 24.1 Å². The van der Waals surface area contributed by atoms with E-state index in [1.54, 1.807) is 0 Å². The lowest BCUT2D eigenvalue weighted by atomic mass is 10.1. The number of rotatable bonds is 7. The molecule has 0 saturated heterocycles. The van der Waals surface area contributed by atoms with E-state index in [0.29, 0.717) is 6.54 Å². The maximum atomic E-state index is 13.5. The maximum Gasteiger partial charge on any atom is 0.416 e. The molecule has 1 unspecified atom stereocenters. The Morgan fingerprint density at radius 1 is 1.25 bits per heavy atom. The van der Waals surface area contributed by atoms with Crippen LogP contribution in [0.25, 0.3) is 0 Å². The fourth-order valence-electron chi connectivity index (χ4n) is 1.74. The Morgan fingerprint density at radius 3 is 2.55 bits per heavy atom. The predicted molar refractivity (Wildman–Crippen MR) is 70.9 cm³/mol. The van der Waals surface area contributed by atoms with E-state index >= 15 is 0 Å². The molecule has 0 radical (unpaired) electrons. The van der Waals surface area contributed by atoms with Gasteiger partial charge in [-0.05, 0) is 38.1 Å². The molecule has 0 aliphatic rings. The van der Waals surface area contributed by atoms with Crippen molar-refractivity contribution in [2.75, 3.05) is 13.1 Å².